The van der Waals surface area contributed by atoms with Crippen molar-refractivity contribution in [1.29, 1.82) is 0 Å². The molecule has 0 unspecified atom stereocenters. The Bertz CT molecular complexity index is 1820. The number of esters is 3. The van der Waals surface area contributed by atoms with E-state index in [1.54, 1.807) is 43.3 Å². The monoisotopic (exact) mass is 674 g/mol. The van der Waals surface area contributed by atoms with Crippen LogP contribution in [0, 0.1) is 5.92 Å². The number of hydrogen-bond acceptors (Lipinski definition) is 9. The molecule has 0 bridgehead atoms. The molecule has 4 aromatic carbocycles. The van der Waals surface area contributed by atoms with Gasteiger partial charge in [-0.25, -0.2) is 9.59 Å². The predicted molar refractivity (Wildman–Crippen MR) is 190 cm³/mol. The van der Waals surface area contributed by atoms with Crippen LogP contribution in [0.4, 0.5) is 0 Å². The molecule has 0 amide bonds. The maximum atomic E-state index is 12.6. The van der Waals surface area contributed by atoms with E-state index in [4.69, 9.17) is 18.7 Å². The van der Waals surface area contributed by atoms with E-state index in [1.807, 2.05) is 66.7 Å². The number of hydrogen-bond donors (Lipinski definition) is 0. The van der Waals surface area contributed by atoms with Gasteiger partial charge >= 0.3 is 17.9 Å². The summed E-state index contributed by atoms with van der Waals surface area (Å²) in [6, 6.07) is 31.1. The lowest BCUT2D eigenvalue weighted by molar-refractivity contribution is -0.149. The molecule has 0 aliphatic rings. The number of unbranched alkanes of at least 4 members (excludes halogenated alkanes) is 5. The summed E-state index contributed by atoms with van der Waals surface area (Å²) in [5.74, 6) is -1.03. The number of carbonyl (C=O) groups excluding carboxylic acids is 3. The highest BCUT2D eigenvalue weighted by Crippen LogP contribution is 2.27. The minimum Gasteiger partial charge on any atom is -0.465 e. The normalized spacial score (nSPS) is 11.5. The summed E-state index contributed by atoms with van der Waals surface area (Å²) in [5, 5.41) is 4.11. The minimum atomic E-state index is -0.534. The zero-order valence-corrected chi connectivity index (χ0v) is 28.5. The Balaban J connectivity index is 1.08. The third-order valence-corrected chi connectivity index (χ3v) is 8.21. The third-order valence-electron chi connectivity index (χ3n) is 8.21. The van der Waals surface area contributed by atoms with Crippen LogP contribution in [-0.2, 0) is 25.6 Å². The Morgan fingerprint density at radius 2 is 1.20 bits per heavy atom. The Hall–Kier alpha value is -5.57. The van der Waals surface area contributed by atoms with Crippen LogP contribution in [-0.4, -0.2) is 41.3 Å². The van der Waals surface area contributed by atoms with Crippen molar-refractivity contribution in [2.24, 2.45) is 5.92 Å². The van der Waals surface area contributed by atoms with E-state index in [9.17, 15) is 14.4 Å². The van der Waals surface area contributed by atoms with Crippen molar-refractivity contribution in [3.05, 3.63) is 120 Å². The Labute approximate surface area is 292 Å². The van der Waals surface area contributed by atoms with E-state index >= 15 is 0 Å². The maximum absolute atomic E-state index is 12.6. The van der Waals surface area contributed by atoms with Gasteiger partial charge in [0.15, 0.2) is 0 Å². The van der Waals surface area contributed by atoms with Crippen LogP contribution in [0.2, 0.25) is 0 Å². The van der Waals surface area contributed by atoms with Crippen LogP contribution in [0.15, 0.2) is 108 Å². The van der Waals surface area contributed by atoms with E-state index < -0.39 is 17.9 Å². The quantitative estimate of drug-likeness (QED) is 0.0540. The van der Waals surface area contributed by atoms with Crippen LogP contribution in [0.3, 0.4) is 0 Å². The van der Waals surface area contributed by atoms with Gasteiger partial charge in [0.25, 0.3) is 5.89 Å². The average molecular weight is 675 g/mol. The van der Waals surface area contributed by atoms with Gasteiger partial charge in [0.2, 0.25) is 5.82 Å². The molecule has 5 rings (SSSR count). The maximum Gasteiger partial charge on any atom is 0.338 e. The molecule has 50 heavy (non-hydrogen) atoms. The molecule has 1 aromatic heterocycles. The first-order chi connectivity index (χ1) is 24.4. The summed E-state index contributed by atoms with van der Waals surface area (Å²) in [7, 11) is 0. The van der Waals surface area contributed by atoms with Crippen LogP contribution in [0.25, 0.3) is 34.0 Å². The SMILES string of the molecule is CCCCCCCCOC(=O)[C@@H](C)COC(=O)c1ccc(-c2ccc(-c3nc(-c4ccc(C(=O)OCc5ccccc5)cc4)no3)cc2)cc1. The van der Waals surface area contributed by atoms with Crippen molar-refractivity contribution >= 4 is 17.9 Å². The summed E-state index contributed by atoms with van der Waals surface area (Å²) >= 11 is 0. The van der Waals surface area contributed by atoms with Gasteiger partial charge in [-0.2, -0.15) is 4.98 Å². The minimum absolute atomic E-state index is 0.0378. The smallest absolute Gasteiger partial charge is 0.338 e. The summed E-state index contributed by atoms with van der Waals surface area (Å²) in [4.78, 5) is 41.9. The highest BCUT2D eigenvalue weighted by atomic mass is 16.6. The van der Waals surface area contributed by atoms with Crippen LogP contribution in [0.5, 0.6) is 0 Å². The fourth-order valence-corrected chi connectivity index (χ4v) is 5.17. The molecule has 258 valence electrons. The van der Waals surface area contributed by atoms with Crippen molar-refractivity contribution in [1.82, 2.24) is 10.1 Å². The van der Waals surface area contributed by atoms with E-state index in [1.165, 1.54) is 19.3 Å². The van der Waals surface area contributed by atoms with Crippen molar-refractivity contribution < 1.29 is 33.1 Å². The van der Waals surface area contributed by atoms with Gasteiger partial charge in [0.05, 0.1) is 23.7 Å². The van der Waals surface area contributed by atoms with Gasteiger partial charge < -0.3 is 18.7 Å². The molecule has 9 heteroatoms. The standard InChI is InChI=1S/C41H42N2O7/c1-3-4-5-6-7-11-26-47-39(44)29(2)27-48-40(45)35-22-16-32(17-23-35)31-14-20-34(21-15-31)38-42-37(43-50-38)33-18-24-36(25-19-33)41(46)49-28-30-12-9-8-10-13-30/h8-10,12-25,29H,3-7,11,26-28H2,1-2H3/t29-/m0/s1. The first-order valence-corrected chi connectivity index (χ1v) is 17.1. The van der Waals surface area contributed by atoms with Crippen molar-refractivity contribution in [3.8, 4) is 34.0 Å². The van der Waals surface area contributed by atoms with E-state index in [-0.39, 0.29) is 19.2 Å². The summed E-state index contributed by atoms with van der Waals surface area (Å²) < 4.78 is 21.7. The molecule has 0 fully saturated rings. The van der Waals surface area contributed by atoms with Crippen molar-refractivity contribution in [2.45, 2.75) is 59.0 Å². The lowest BCUT2D eigenvalue weighted by Crippen LogP contribution is -2.22. The molecular weight excluding hydrogens is 632 g/mol. The fraction of sp³-hybridized carbons (Fsp3) is 0.293. The molecule has 1 heterocycles. The van der Waals surface area contributed by atoms with Crippen LogP contribution in [0.1, 0.15) is 78.7 Å². The molecular formula is C41H42N2O7. The third kappa shape index (κ3) is 10.2. The highest BCUT2D eigenvalue weighted by molar-refractivity contribution is 5.91. The summed E-state index contributed by atoms with van der Waals surface area (Å²) in [5.41, 5.74) is 5.04. The zero-order valence-electron chi connectivity index (χ0n) is 28.5. The predicted octanol–water partition coefficient (Wildman–Crippen LogP) is 9.12. The lowest BCUT2D eigenvalue weighted by atomic mass is 10.0. The van der Waals surface area contributed by atoms with Gasteiger partial charge in [-0.1, -0.05) is 111 Å². The summed E-state index contributed by atoms with van der Waals surface area (Å²) in [6.45, 7) is 4.44. The second kappa shape index (κ2) is 18.3. The zero-order chi connectivity index (χ0) is 35.1. The largest absolute Gasteiger partial charge is 0.465 e. The molecule has 5 aromatic rings. The number of nitrogens with zero attached hydrogens (tertiary/aromatic N) is 2. The Morgan fingerprint density at radius 1 is 0.640 bits per heavy atom. The first kappa shape index (κ1) is 35.7. The molecule has 1 atom stereocenters. The second-order valence-corrected chi connectivity index (χ2v) is 12.2. The number of rotatable bonds is 17. The van der Waals surface area contributed by atoms with E-state index in [2.05, 4.69) is 17.1 Å². The molecule has 0 N–H and O–H groups in total. The Morgan fingerprint density at radius 3 is 1.86 bits per heavy atom. The summed E-state index contributed by atoms with van der Waals surface area (Å²) in [6.07, 6.45) is 6.70. The Kier molecular flexibility index (Phi) is 13.1. The molecule has 0 spiro atoms. The number of benzene rings is 4. The van der Waals surface area contributed by atoms with Gasteiger partial charge in [0.1, 0.15) is 13.2 Å². The molecule has 0 saturated carbocycles. The van der Waals surface area contributed by atoms with Gasteiger partial charge in [-0.3, -0.25) is 4.79 Å². The molecule has 9 nitrogen and oxygen atoms in total. The number of aromatic nitrogens is 2. The highest BCUT2D eigenvalue weighted by Gasteiger charge is 2.18. The van der Waals surface area contributed by atoms with Crippen molar-refractivity contribution in [3.63, 3.8) is 0 Å². The molecule has 0 aliphatic carbocycles. The van der Waals surface area contributed by atoms with Crippen LogP contribution >= 0.6 is 0 Å². The van der Waals surface area contributed by atoms with Crippen molar-refractivity contribution in [2.75, 3.05) is 13.2 Å². The van der Waals surface area contributed by atoms with E-state index in [0.717, 1.165) is 41.5 Å². The average Bonchev–Trinajstić information content (AvgIpc) is 3.66. The first-order valence-electron chi connectivity index (χ1n) is 17.1. The van der Waals surface area contributed by atoms with Gasteiger partial charge in [0, 0.05) is 11.1 Å². The molecule has 0 aliphatic heterocycles. The number of ether oxygens (including phenoxy) is 3. The van der Waals surface area contributed by atoms with Gasteiger partial charge in [-0.15, -0.1) is 0 Å². The second-order valence-electron chi connectivity index (χ2n) is 12.2. The van der Waals surface area contributed by atoms with Crippen LogP contribution < -0.4 is 0 Å². The topological polar surface area (TPSA) is 118 Å². The van der Waals surface area contributed by atoms with E-state index in [0.29, 0.717) is 35.0 Å². The van der Waals surface area contributed by atoms with Gasteiger partial charge in [-0.05, 0) is 66.4 Å². The molecule has 0 radical (unpaired) electrons. The lowest BCUT2D eigenvalue weighted by Gasteiger charge is -2.12. The fourth-order valence-electron chi connectivity index (χ4n) is 5.17. The molecule has 0 saturated heterocycles. The number of carbonyl (C=O) groups is 3.